The third-order valence-corrected chi connectivity index (χ3v) is 2.61. The predicted octanol–water partition coefficient (Wildman–Crippen LogP) is 2.03. The average Bonchev–Trinajstić information content (AvgIpc) is 2.43. The minimum absolute atomic E-state index is 0.000340. The molecule has 0 fully saturated rings. The van der Waals surface area contributed by atoms with Crippen molar-refractivity contribution in [2.75, 3.05) is 20.1 Å². The zero-order valence-electron chi connectivity index (χ0n) is 12.3. The van der Waals surface area contributed by atoms with Gasteiger partial charge in [0.2, 0.25) is 5.91 Å². The highest BCUT2D eigenvalue weighted by Crippen LogP contribution is 2.02. The molecule has 0 spiro atoms. The van der Waals surface area contributed by atoms with Crippen molar-refractivity contribution in [3.63, 3.8) is 0 Å². The van der Waals surface area contributed by atoms with Crippen LogP contribution < -0.4 is 5.32 Å². The van der Waals surface area contributed by atoms with Crippen LogP contribution in [0.25, 0.3) is 0 Å². The standard InChI is InChI=1S/C15H22N2O3/c1-12(2)9-16-14(18)10-17(3)15(19)20-11-13-7-5-4-6-8-13/h4-8,12H,9-11H2,1-3H3,(H,16,18). The zero-order valence-corrected chi connectivity index (χ0v) is 12.3. The number of likely N-dealkylation sites (N-methyl/N-ethyl adjacent to an activating group) is 1. The van der Waals surface area contributed by atoms with E-state index in [1.54, 1.807) is 7.05 Å². The van der Waals surface area contributed by atoms with Crippen LogP contribution in [0.2, 0.25) is 0 Å². The van der Waals surface area contributed by atoms with Crippen LogP contribution in [-0.4, -0.2) is 37.0 Å². The van der Waals surface area contributed by atoms with Crippen molar-refractivity contribution in [1.82, 2.24) is 10.2 Å². The smallest absolute Gasteiger partial charge is 0.410 e. The Hall–Kier alpha value is -2.04. The van der Waals surface area contributed by atoms with E-state index in [2.05, 4.69) is 5.32 Å². The van der Waals surface area contributed by atoms with Gasteiger partial charge in [-0.25, -0.2) is 4.79 Å². The summed E-state index contributed by atoms with van der Waals surface area (Å²) in [7, 11) is 1.54. The molecule has 1 N–H and O–H groups in total. The van der Waals surface area contributed by atoms with Crippen LogP contribution in [0.3, 0.4) is 0 Å². The van der Waals surface area contributed by atoms with E-state index in [-0.39, 0.29) is 19.1 Å². The van der Waals surface area contributed by atoms with Gasteiger partial charge in [0.15, 0.2) is 0 Å². The lowest BCUT2D eigenvalue weighted by molar-refractivity contribution is -0.121. The molecule has 5 heteroatoms. The van der Waals surface area contributed by atoms with Gasteiger partial charge in [0.1, 0.15) is 13.2 Å². The Bertz CT molecular complexity index is 432. The van der Waals surface area contributed by atoms with Gasteiger partial charge in [0.05, 0.1) is 0 Å². The summed E-state index contributed by atoms with van der Waals surface area (Å²) in [5, 5.41) is 2.75. The Morgan fingerprint density at radius 1 is 1.25 bits per heavy atom. The lowest BCUT2D eigenvalue weighted by atomic mass is 10.2. The highest BCUT2D eigenvalue weighted by molar-refractivity contribution is 5.82. The summed E-state index contributed by atoms with van der Waals surface area (Å²) >= 11 is 0. The van der Waals surface area contributed by atoms with E-state index < -0.39 is 6.09 Å². The average molecular weight is 278 g/mol. The van der Waals surface area contributed by atoms with Crippen molar-refractivity contribution < 1.29 is 14.3 Å². The first-order chi connectivity index (χ1) is 9.49. The number of amides is 2. The molecule has 0 atom stereocenters. The van der Waals surface area contributed by atoms with Crippen LogP contribution >= 0.6 is 0 Å². The topological polar surface area (TPSA) is 58.6 Å². The Morgan fingerprint density at radius 2 is 1.90 bits per heavy atom. The lowest BCUT2D eigenvalue weighted by Crippen LogP contribution is -2.39. The molecule has 0 saturated carbocycles. The van der Waals surface area contributed by atoms with Gasteiger partial charge in [-0.15, -0.1) is 0 Å². The first-order valence-corrected chi connectivity index (χ1v) is 6.67. The SMILES string of the molecule is CC(C)CNC(=O)CN(C)C(=O)OCc1ccccc1. The van der Waals surface area contributed by atoms with Crippen molar-refractivity contribution in [3.05, 3.63) is 35.9 Å². The van der Waals surface area contributed by atoms with Gasteiger partial charge in [-0.2, -0.15) is 0 Å². The molecular formula is C15H22N2O3. The van der Waals surface area contributed by atoms with Crippen LogP contribution in [0.15, 0.2) is 30.3 Å². The van der Waals surface area contributed by atoms with Crippen molar-refractivity contribution in [1.29, 1.82) is 0 Å². The van der Waals surface area contributed by atoms with Crippen LogP contribution in [0.1, 0.15) is 19.4 Å². The molecule has 0 aliphatic heterocycles. The highest BCUT2D eigenvalue weighted by Gasteiger charge is 2.14. The van der Waals surface area contributed by atoms with E-state index in [0.29, 0.717) is 12.5 Å². The molecule has 0 aromatic heterocycles. The van der Waals surface area contributed by atoms with E-state index in [1.807, 2.05) is 44.2 Å². The summed E-state index contributed by atoms with van der Waals surface area (Å²) in [4.78, 5) is 24.6. The second-order valence-electron chi connectivity index (χ2n) is 5.09. The number of nitrogens with one attached hydrogen (secondary N) is 1. The Morgan fingerprint density at radius 3 is 2.50 bits per heavy atom. The summed E-state index contributed by atoms with van der Waals surface area (Å²) in [6.45, 7) is 4.83. The first-order valence-electron chi connectivity index (χ1n) is 6.67. The molecule has 0 aliphatic carbocycles. The molecule has 0 unspecified atom stereocenters. The van der Waals surface area contributed by atoms with Crippen molar-refractivity contribution in [3.8, 4) is 0 Å². The summed E-state index contributed by atoms with van der Waals surface area (Å²) < 4.78 is 5.12. The van der Waals surface area contributed by atoms with Crippen molar-refractivity contribution in [2.45, 2.75) is 20.5 Å². The second-order valence-corrected chi connectivity index (χ2v) is 5.09. The fraction of sp³-hybridized carbons (Fsp3) is 0.467. The first kappa shape index (κ1) is 16.0. The molecule has 0 bridgehead atoms. The molecule has 0 heterocycles. The number of ether oxygens (including phenoxy) is 1. The third kappa shape index (κ3) is 6.22. The normalized spacial score (nSPS) is 10.2. The number of hydrogen-bond acceptors (Lipinski definition) is 3. The number of hydrogen-bond donors (Lipinski definition) is 1. The van der Waals surface area contributed by atoms with Gasteiger partial charge in [-0.3, -0.25) is 4.79 Å². The maximum atomic E-state index is 11.7. The number of benzene rings is 1. The molecule has 1 aromatic rings. The highest BCUT2D eigenvalue weighted by atomic mass is 16.6. The molecule has 110 valence electrons. The fourth-order valence-corrected chi connectivity index (χ4v) is 1.48. The van der Waals surface area contributed by atoms with Crippen LogP contribution in [0, 0.1) is 5.92 Å². The number of carbonyl (C=O) groups is 2. The van der Waals surface area contributed by atoms with E-state index >= 15 is 0 Å². The Balaban J connectivity index is 2.30. The molecule has 1 aromatic carbocycles. The Labute approximate surface area is 119 Å². The number of nitrogens with zero attached hydrogens (tertiary/aromatic N) is 1. The molecule has 1 rings (SSSR count). The number of carbonyl (C=O) groups excluding carboxylic acids is 2. The van der Waals surface area contributed by atoms with Gasteiger partial charge >= 0.3 is 6.09 Å². The summed E-state index contributed by atoms with van der Waals surface area (Å²) in [6, 6.07) is 9.42. The second kappa shape index (κ2) is 8.19. The van der Waals surface area contributed by atoms with E-state index in [0.717, 1.165) is 5.56 Å². The molecule has 0 aliphatic rings. The fourth-order valence-electron chi connectivity index (χ4n) is 1.48. The zero-order chi connectivity index (χ0) is 15.0. The summed E-state index contributed by atoms with van der Waals surface area (Å²) in [5.74, 6) is 0.201. The van der Waals surface area contributed by atoms with E-state index in [1.165, 1.54) is 4.90 Å². The quantitative estimate of drug-likeness (QED) is 0.866. The lowest BCUT2D eigenvalue weighted by Gasteiger charge is -2.17. The van der Waals surface area contributed by atoms with E-state index in [9.17, 15) is 9.59 Å². The minimum Gasteiger partial charge on any atom is -0.445 e. The summed E-state index contributed by atoms with van der Waals surface area (Å²) in [6.07, 6.45) is -0.506. The molecule has 0 saturated heterocycles. The molecule has 0 radical (unpaired) electrons. The van der Waals surface area contributed by atoms with Gasteiger partial charge in [-0.1, -0.05) is 44.2 Å². The minimum atomic E-state index is -0.506. The molecule has 20 heavy (non-hydrogen) atoms. The van der Waals surface area contributed by atoms with Crippen LogP contribution in [0.5, 0.6) is 0 Å². The predicted molar refractivity (Wildman–Crippen MR) is 77.1 cm³/mol. The molecular weight excluding hydrogens is 256 g/mol. The third-order valence-electron chi connectivity index (χ3n) is 2.61. The van der Waals surface area contributed by atoms with Crippen molar-refractivity contribution >= 4 is 12.0 Å². The number of rotatable bonds is 6. The maximum absolute atomic E-state index is 11.7. The van der Waals surface area contributed by atoms with Crippen LogP contribution in [0.4, 0.5) is 4.79 Å². The van der Waals surface area contributed by atoms with Gasteiger partial charge in [0.25, 0.3) is 0 Å². The van der Waals surface area contributed by atoms with E-state index in [4.69, 9.17) is 4.74 Å². The van der Waals surface area contributed by atoms with Gasteiger partial charge < -0.3 is 15.0 Å². The molecule has 5 nitrogen and oxygen atoms in total. The van der Waals surface area contributed by atoms with Gasteiger partial charge in [-0.05, 0) is 11.5 Å². The monoisotopic (exact) mass is 278 g/mol. The maximum Gasteiger partial charge on any atom is 0.410 e. The summed E-state index contributed by atoms with van der Waals surface area (Å²) in [5.41, 5.74) is 0.915. The van der Waals surface area contributed by atoms with Crippen LogP contribution in [-0.2, 0) is 16.1 Å². The largest absolute Gasteiger partial charge is 0.445 e. The Kier molecular flexibility index (Phi) is 6.56. The van der Waals surface area contributed by atoms with Gasteiger partial charge in [0, 0.05) is 13.6 Å². The van der Waals surface area contributed by atoms with Crippen molar-refractivity contribution in [2.24, 2.45) is 5.92 Å². The molecule has 2 amide bonds.